The van der Waals surface area contributed by atoms with Crippen LogP contribution in [-0.2, 0) is 16.0 Å². The average Bonchev–Trinajstić information content (AvgIpc) is 3.32. The van der Waals surface area contributed by atoms with E-state index in [1.54, 1.807) is 19.1 Å². The molecule has 2 N–H and O–H groups in total. The van der Waals surface area contributed by atoms with Gasteiger partial charge >= 0.3 is 6.03 Å². The Kier molecular flexibility index (Phi) is 5.64. The maximum Gasteiger partial charge on any atom is 0.325 e. The molecule has 0 spiro atoms. The van der Waals surface area contributed by atoms with Gasteiger partial charge in [0.2, 0.25) is 5.91 Å². The highest BCUT2D eigenvalue weighted by molar-refractivity contribution is 6.11. The molecule has 1 aromatic heterocycles. The Labute approximate surface area is 201 Å². The van der Waals surface area contributed by atoms with Crippen molar-refractivity contribution in [3.05, 3.63) is 72.3 Å². The number of aryl methyl sites for hydroxylation is 1. The van der Waals surface area contributed by atoms with Crippen molar-refractivity contribution in [2.75, 3.05) is 19.0 Å². The van der Waals surface area contributed by atoms with Gasteiger partial charge in [0.05, 0.1) is 12.8 Å². The summed E-state index contributed by atoms with van der Waals surface area (Å²) in [6.07, 6.45) is 1.05. The number of para-hydroxylation sites is 1. The van der Waals surface area contributed by atoms with Gasteiger partial charge in [0.25, 0.3) is 5.91 Å². The number of fused-ring (bicyclic) bond motifs is 3. The molecule has 4 amide bonds. The smallest absolute Gasteiger partial charge is 0.325 e. The predicted molar refractivity (Wildman–Crippen MR) is 132 cm³/mol. The van der Waals surface area contributed by atoms with Gasteiger partial charge in [0.15, 0.2) is 0 Å². The van der Waals surface area contributed by atoms with Gasteiger partial charge in [-0.05, 0) is 37.5 Å². The largest absolute Gasteiger partial charge is 0.495 e. The molecule has 1 aliphatic heterocycles. The van der Waals surface area contributed by atoms with Crippen molar-refractivity contribution in [3.63, 3.8) is 0 Å². The number of methoxy groups -OCH3 is 1. The molecular formula is C27H25N3O5. The quantitative estimate of drug-likeness (QED) is 0.387. The fourth-order valence-electron chi connectivity index (χ4n) is 4.45. The molecule has 1 fully saturated rings. The minimum absolute atomic E-state index is 0.392. The molecule has 0 unspecified atom stereocenters. The van der Waals surface area contributed by atoms with Crippen LogP contribution in [0.1, 0.15) is 18.9 Å². The third-order valence-electron chi connectivity index (χ3n) is 6.38. The van der Waals surface area contributed by atoms with E-state index >= 15 is 0 Å². The van der Waals surface area contributed by atoms with Gasteiger partial charge in [-0.15, -0.1) is 0 Å². The summed E-state index contributed by atoms with van der Waals surface area (Å²) in [5.74, 6) is -0.495. The zero-order valence-electron chi connectivity index (χ0n) is 19.5. The summed E-state index contributed by atoms with van der Waals surface area (Å²) in [6.45, 7) is 1.28. The van der Waals surface area contributed by atoms with Crippen molar-refractivity contribution in [1.82, 2.24) is 10.2 Å². The first-order chi connectivity index (χ1) is 16.9. The minimum Gasteiger partial charge on any atom is -0.495 e. The second-order valence-corrected chi connectivity index (χ2v) is 8.83. The molecule has 0 aliphatic carbocycles. The predicted octanol–water partition coefficient (Wildman–Crippen LogP) is 4.48. The van der Waals surface area contributed by atoms with Gasteiger partial charge in [-0.1, -0.05) is 48.5 Å². The molecule has 178 valence electrons. The van der Waals surface area contributed by atoms with E-state index in [1.165, 1.54) is 7.11 Å². The number of amides is 4. The Morgan fingerprint density at radius 2 is 1.77 bits per heavy atom. The Morgan fingerprint density at radius 3 is 2.54 bits per heavy atom. The van der Waals surface area contributed by atoms with Crippen molar-refractivity contribution in [2.24, 2.45) is 0 Å². The number of hydrogen-bond donors (Lipinski definition) is 2. The van der Waals surface area contributed by atoms with Crippen LogP contribution in [0.4, 0.5) is 10.5 Å². The van der Waals surface area contributed by atoms with Gasteiger partial charge in [-0.25, -0.2) is 4.79 Å². The number of hydrogen-bond acceptors (Lipinski definition) is 5. The molecule has 8 nitrogen and oxygen atoms in total. The lowest BCUT2D eigenvalue weighted by Crippen LogP contribution is -2.45. The topological polar surface area (TPSA) is 101 Å². The number of furan rings is 1. The summed E-state index contributed by atoms with van der Waals surface area (Å²) < 4.78 is 11.4. The molecule has 5 rings (SSSR count). The molecule has 8 heteroatoms. The number of carbonyl (C=O) groups is 3. The molecule has 0 bridgehead atoms. The molecule has 0 radical (unpaired) electrons. The summed E-state index contributed by atoms with van der Waals surface area (Å²) >= 11 is 0. The van der Waals surface area contributed by atoms with Crippen LogP contribution >= 0.6 is 0 Å². The Bertz CT molecular complexity index is 1450. The zero-order chi connectivity index (χ0) is 24.6. The van der Waals surface area contributed by atoms with E-state index in [0.717, 1.165) is 26.8 Å². The molecule has 35 heavy (non-hydrogen) atoms. The lowest BCUT2D eigenvalue weighted by atomic mass is 9.93. The second kappa shape index (κ2) is 8.79. The van der Waals surface area contributed by atoms with Gasteiger partial charge in [-0.2, -0.15) is 0 Å². The standard InChI is InChI=1S/C27H25N3O5/c1-27(13-12-17-8-4-3-5-9-17)25(32)30(26(33)29-27)16-24(31)28-20-15-22-19(14-23(20)34-2)18-10-6-7-11-21(18)35-22/h3-11,14-15H,12-13,16H2,1-2H3,(H,28,31)(H,29,33)/t27-/m1/s1. The number of urea groups is 1. The van der Waals surface area contributed by atoms with E-state index in [9.17, 15) is 14.4 Å². The zero-order valence-corrected chi connectivity index (χ0v) is 19.5. The van der Waals surface area contributed by atoms with Crippen molar-refractivity contribution in [3.8, 4) is 5.75 Å². The summed E-state index contributed by atoms with van der Waals surface area (Å²) in [5.41, 5.74) is 1.70. The first-order valence-corrected chi connectivity index (χ1v) is 11.3. The number of rotatable bonds is 7. The van der Waals surface area contributed by atoms with Crippen LogP contribution < -0.4 is 15.4 Å². The number of imide groups is 1. The average molecular weight is 472 g/mol. The van der Waals surface area contributed by atoms with Crippen molar-refractivity contribution in [1.29, 1.82) is 0 Å². The highest BCUT2D eigenvalue weighted by Crippen LogP contribution is 2.36. The molecule has 2 heterocycles. The summed E-state index contributed by atoms with van der Waals surface area (Å²) in [7, 11) is 1.51. The van der Waals surface area contributed by atoms with E-state index in [2.05, 4.69) is 10.6 Å². The second-order valence-electron chi connectivity index (χ2n) is 8.83. The number of nitrogens with zero attached hydrogens (tertiary/aromatic N) is 1. The van der Waals surface area contributed by atoms with E-state index < -0.39 is 29.9 Å². The van der Waals surface area contributed by atoms with Crippen molar-refractivity contribution < 1.29 is 23.5 Å². The van der Waals surface area contributed by atoms with Crippen LogP contribution in [0.3, 0.4) is 0 Å². The Balaban J connectivity index is 1.31. The van der Waals surface area contributed by atoms with Gasteiger partial charge < -0.3 is 19.8 Å². The lowest BCUT2D eigenvalue weighted by molar-refractivity contribution is -0.133. The summed E-state index contributed by atoms with van der Waals surface area (Å²) in [5, 5.41) is 7.30. The molecule has 1 aliphatic rings. The van der Waals surface area contributed by atoms with Gasteiger partial charge in [0.1, 0.15) is 29.0 Å². The fourth-order valence-corrected chi connectivity index (χ4v) is 4.45. The fraction of sp³-hybridized carbons (Fsp3) is 0.222. The van der Waals surface area contributed by atoms with Crippen LogP contribution in [-0.4, -0.2) is 41.9 Å². The third-order valence-corrected chi connectivity index (χ3v) is 6.38. The number of carbonyl (C=O) groups excluding carboxylic acids is 3. The normalized spacial score (nSPS) is 17.7. The maximum atomic E-state index is 13.1. The molecular weight excluding hydrogens is 446 g/mol. The Hall–Kier alpha value is -4.33. The lowest BCUT2D eigenvalue weighted by Gasteiger charge is -2.21. The number of anilines is 1. The first-order valence-electron chi connectivity index (χ1n) is 11.3. The van der Waals surface area contributed by atoms with E-state index in [-0.39, 0.29) is 0 Å². The van der Waals surface area contributed by atoms with Crippen LogP contribution in [0.15, 0.2) is 71.1 Å². The van der Waals surface area contributed by atoms with E-state index in [0.29, 0.717) is 29.9 Å². The molecule has 4 aromatic rings. The van der Waals surface area contributed by atoms with Crippen LogP contribution in [0.2, 0.25) is 0 Å². The van der Waals surface area contributed by atoms with E-state index in [4.69, 9.17) is 9.15 Å². The molecule has 1 atom stereocenters. The molecule has 3 aromatic carbocycles. The van der Waals surface area contributed by atoms with Crippen molar-refractivity contribution >= 4 is 45.5 Å². The molecule has 0 saturated carbocycles. The van der Waals surface area contributed by atoms with Crippen molar-refractivity contribution in [2.45, 2.75) is 25.3 Å². The Morgan fingerprint density at radius 1 is 1.03 bits per heavy atom. The monoisotopic (exact) mass is 471 g/mol. The van der Waals surface area contributed by atoms with Gasteiger partial charge in [-0.3, -0.25) is 14.5 Å². The van der Waals surface area contributed by atoms with Crippen LogP contribution in [0.25, 0.3) is 21.9 Å². The highest BCUT2D eigenvalue weighted by atomic mass is 16.5. The SMILES string of the molecule is COc1cc2c(cc1NC(=O)CN1C(=O)N[C@](C)(CCc3ccccc3)C1=O)oc1ccccc12. The minimum atomic E-state index is -1.07. The maximum absolute atomic E-state index is 13.1. The molecule has 1 saturated heterocycles. The van der Waals surface area contributed by atoms with E-state index in [1.807, 2.05) is 54.6 Å². The van der Waals surface area contributed by atoms with Gasteiger partial charge in [0, 0.05) is 16.8 Å². The summed E-state index contributed by atoms with van der Waals surface area (Å²) in [4.78, 5) is 39.4. The number of nitrogens with one attached hydrogen (secondary N) is 2. The first kappa shape index (κ1) is 22.5. The van der Waals surface area contributed by atoms with Crippen LogP contribution in [0, 0.1) is 0 Å². The van der Waals surface area contributed by atoms with Crippen LogP contribution in [0.5, 0.6) is 5.75 Å². The summed E-state index contributed by atoms with van der Waals surface area (Å²) in [6, 6.07) is 20.3. The third kappa shape index (κ3) is 4.19. The number of benzene rings is 3. The number of ether oxygens (including phenoxy) is 1. The highest BCUT2D eigenvalue weighted by Gasteiger charge is 2.47.